The molecule has 0 saturated heterocycles. The fourth-order valence-corrected chi connectivity index (χ4v) is 1.03. The van der Waals surface area contributed by atoms with Crippen LogP contribution in [0.15, 0.2) is 18.2 Å². The number of hydrogen-bond acceptors (Lipinski definition) is 5. The molecule has 5 nitrogen and oxygen atoms in total. The molecule has 76 valence electrons. The predicted octanol–water partition coefficient (Wildman–Crippen LogP) is 0.734. The Morgan fingerprint density at radius 3 is 2.36 bits per heavy atom. The molecule has 0 aliphatic heterocycles. The monoisotopic (exact) mass is 197 g/mol. The largest absolute Gasteiger partial charge is 0.493 e. The van der Waals surface area contributed by atoms with E-state index in [2.05, 4.69) is 4.84 Å². The highest BCUT2D eigenvalue weighted by atomic mass is 16.7. The van der Waals surface area contributed by atoms with Crippen molar-refractivity contribution in [1.82, 2.24) is 0 Å². The molecule has 0 fully saturated rings. The average Bonchev–Trinajstić information content (AvgIpc) is 2.26. The van der Waals surface area contributed by atoms with Gasteiger partial charge in [-0.1, -0.05) is 0 Å². The van der Waals surface area contributed by atoms with Crippen molar-refractivity contribution < 1.29 is 19.1 Å². The highest BCUT2D eigenvalue weighted by Crippen LogP contribution is 2.27. The summed E-state index contributed by atoms with van der Waals surface area (Å²) in [6, 6.07) is 4.63. The fourth-order valence-electron chi connectivity index (χ4n) is 1.03. The first-order valence-corrected chi connectivity index (χ1v) is 3.86. The standard InChI is InChI=1S/C9H11NO4/c1-12-7-4-3-6(9(11)14-10)5-8(7)13-2/h3-5H,10H2,1-2H3. The van der Waals surface area contributed by atoms with Gasteiger partial charge in [-0.2, -0.15) is 5.90 Å². The van der Waals surface area contributed by atoms with Gasteiger partial charge in [0.05, 0.1) is 19.8 Å². The minimum Gasteiger partial charge on any atom is -0.493 e. The van der Waals surface area contributed by atoms with Crippen LogP contribution in [0.3, 0.4) is 0 Å². The molecule has 1 aromatic rings. The van der Waals surface area contributed by atoms with E-state index < -0.39 is 5.97 Å². The molecule has 0 saturated carbocycles. The summed E-state index contributed by atoms with van der Waals surface area (Å²) in [6.45, 7) is 0. The van der Waals surface area contributed by atoms with Crippen molar-refractivity contribution in [2.24, 2.45) is 5.90 Å². The Morgan fingerprint density at radius 1 is 1.21 bits per heavy atom. The predicted molar refractivity (Wildman–Crippen MR) is 49.1 cm³/mol. The second-order valence-electron chi connectivity index (χ2n) is 2.48. The first kappa shape index (κ1) is 10.3. The number of hydrogen-bond donors (Lipinski definition) is 1. The molecule has 0 heterocycles. The maximum atomic E-state index is 11.0. The van der Waals surface area contributed by atoms with E-state index in [4.69, 9.17) is 15.4 Å². The second kappa shape index (κ2) is 4.48. The second-order valence-corrected chi connectivity index (χ2v) is 2.48. The van der Waals surface area contributed by atoms with Crippen molar-refractivity contribution >= 4 is 5.97 Å². The number of rotatable bonds is 3. The zero-order valence-electron chi connectivity index (χ0n) is 7.94. The van der Waals surface area contributed by atoms with Gasteiger partial charge in [0.2, 0.25) is 0 Å². The van der Waals surface area contributed by atoms with Crippen molar-refractivity contribution in [2.45, 2.75) is 0 Å². The Morgan fingerprint density at radius 2 is 1.86 bits per heavy atom. The van der Waals surface area contributed by atoms with E-state index in [-0.39, 0.29) is 0 Å². The van der Waals surface area contributed by atoms with E-state index in [1.54, 1.807) is 6.07 Å². The van der Waals surface area contributed by atoms with E-state index in [0.29, 0.717) is 17.1 Å². The molecular weight excluding hydrogens is 186 g/mol. The molecule has 0 unspecified atom stereocenters. The van der Waals surface area contributed by atoms with Gasteiger partial charge < -0.3 is 14.3 Å². The summed E-state index contributed by atoms with van der Waals surface area (Å²) in [5, 5.41) is 0. The molecule has 0 amide bonds. The smallest absolute Gasteiger partial charge is 0.356 e. The van der Waals surface area contributed by atoms with Gasteiger partial charge >= 0.3 is 5.97 Å². The van der Waals surface area contributed by atoms with E-state index in [1.807, 2.05) is 0 Å². The minimum atomic E-state index is -0.619. The molecule has 2 N–H and O–H groups in total. The summed E-state index contributed by atoms with van der Waals surface area (Å²) in [4.78, 5) is 15.1. The maximum absolute atomic E-state index is 11.0. The third kappa shape index (κ3) is 1.94. The van der Waals surface area contributed by atoms with Crippen LogP contribution in [0, 0.1) is 0 Å². The normalized spacial score (nSPS) is 9.36. The lowest BCUT2D eigenvalue weighted by molar-refractivity contribution is 0.0503. The van der Waals surface area contributed by atoms with Crippen molar-refractivity contribution in [1.29, 1.82) is 0 Å². The number of carbonyl (C=O) groups is 1. The van der Waals surface area contributed by atoms with Crippen molar-refractivity contribution in [3.05, 3.63) is 23.8 Å². The number of methoxy groups -OCH3 is 2. The van der Waals surface area contributed by atoms with Gasteiger partial charge in [-0.15, -0.1) is 0 Å². The van der Waals surface area contributed by atoms with Crippen LogP contribution >= 0.6 is 0 Å². The van der Waals surface area contributed by atoms with Gasteiger partial charge in [-0.05, 0) is 18.2 Å². The lowest BCUT2D eigenvalue weighted by Crippen LogP contribution is -2.10. The third-order valence-corrected chi connectivity index (χ3v) is 1.73. The number of benzene rings is 1. The van der Waals surface area contributed by atoms with Gasteiger partial charge in [0.1, 0.15) is 0 Å². The van der Waals surface area contributed by atoms with Crippen LogP contribution in [0.2, 0.25) is 0 Å². The summed E-state index contributed by atoms with van der Waals surface area (Å²) >= 11 is 0. The first-order valence-electron chi connectivity index (χ1n) is 3.86. The molecule has 14 heavy (non-hydrogen) atoms. The van der Waals surface area contributed by atoms with Crippen LogP contribution in [0.1, 0.15) is 10.4 Å². The van der Waals surface area contributed by atoms with Gasteiger partial charge in [-0.3, -0.25) is 0 Å². The Labute approximate surface area is 81.3 Å². The van der Waals surface area contributed by atoms with Crippen molar-refractivity contribution in [3.8, 4) is 11.5 Å². The molecule has 0 aromatic heterocycles. The van der Waals surface area contributed by atoms with E-state index in [0.717, 1.165) is 0 Å². The highest BCUT2D eigenvalue weighted by molar-refractivity contribution is 5.90. The highest BCUT2D eigenvalue weighted by Gasteiger charge is 2.10. The van der Waals surface area contributed by atoms with Gasteiger partial charge in [0.25, 0.3) is 0 Å². The number of ether oxygens (including phenoxy) is 2. The topological polar surface area (TPSA) is 70.8 Å². The summed E-state index contributed by atoms with van der Waals surface area (Å²) < 4.78 is 9.99. The Bertz CT molecular complexity index is 338. The Kier molecular flexibility index (Phi) is 3.30. The molecule has 0 spiro atoms. The molecule has 1 aromatic carbocycles. The summed E-state index contributed by atoms with van der Waals surface area (Å²) in [5.41, 5.74) is 0.310. The molecule has 0 aliphatic rings. The van der Waals surface area contributed by atoms with E-state index in [1.165, 1.54) is 26.4 Å². The van der Waals surface area contributed by atoms with E-state index >= 15 is 0 Å². The minimum absolute atomic E-state index is 0.310. The van der Waals surface area contributed by atoms with Crippen LogP contribution in [-0.4, -0.2) is 20.2 Å². The SMILES string of the molecule is COc1ccc(C(=O)ON)cc1OC. The summed E-state index contributed by atoms with van der Waals surface area (Å²) in [7, 11) is 2.99. The van der Waals surface area contributed by atoms with Crippen molar-refractivity contribution in [3.63, 3.8) is 0 Å². The van der Waals surface area contributed by atoms with Crippen LogP contribution < -0.4 is 15.4 Å². The summed E-state index contributed by atoms with van der Waals surface area (Å²) in [6.07, 6.45) is 0. The quantitative estimate of drug-likeness (QED) is 0.723. The van der Waals surface area contributed by atoms with Crippen LogP contribution in [-0.2, 0) is 4.84 Å². The molecule has 0 aliphatic carbocycles. The molecule has 0 radical (unpaired) electrons. The van der Waals surface area contributed by atoms with E-state index in [9.17, 15) is 4.79 Å². The van der Waals surface area contributed by atoms with Gasteiger partial charge in [0.15, 0.2) is 11.5 Å². The first-order chi connectivity index (χ1) is 6.72. The maximum Gasteiger partial charge on any atom is 0.356 e. The lowest BCUT2D eigenvalue weighted by Gasteiger charge is -2.07. The molecule has 5 heteroatoms. The van der Waals surface area contributed by atoms with Gasteiger partial charge in [-0.25, -0.2) is 4.79 Å². The van der Waals surface area contributed by atoms with Gasteiger partial charge in [0, 0.05) is 0 Å². The third-order valence-electron chi connectivity index (χ3n) is 1.73. The van der Waals surface area contributed by atoms with Crippen LogP contribution in [0.5, 0.6) is 11.5 Å². The van der Waals surface area contributed by atoms with Crippen LogP contribution in [0.4, 0.5) is 0 Å². The molecule has 0 atom stereocenters. The molecule has 1 rings (SSSR count). The average molecular weight is 197 g/mol. The van der Waals surface area contributed by atoms with Crippen LogP contribution in [0.25, 0.3) is 0 Å². The lowest BCUT2D eigenvalue weighted by atomic mass is 10.2. The zero-order valence-corrected chi connectivity index (χ0v) is 7.94. The zero-order chi connectivity index (χ0) is 10.6. The Balaban J connectivity index is 3.07. The fraction of sp³-hybridized carbons (Fsp3) is 0.222. The number of carbonyl (C=O) groups excluding carboxylic acids is 1. The Hall–Kier alpha value is -1.75. The number of nitrogens with two attached hydrogens (primary N) is 1. The van der Waals surface area contributed by atoms with Crippen molar-refractivity contribution in [2.75, 3.05) is 14.2 Å². The molecular formula is C9H11NO4. The summed E-state index contributed by atoms with van der Waals surface area (Å²) in [5.74, 6) is 5.12. The molecule has 0 bridgehead atoms.